The summed E-state index contributed by atoms with van der Waals surface area (Å²) < 4.78 is 0. The summed E-state index contributed by atoms with van der Waals surface area (Å²) in [7, 11) is 1.55. The molecule has 1 atom stereocenters. The number of carbonyl (C=O) groups is 2. The maximum atomic E-state index is 12.9. The molecule has 0 bridgehead atoms. The van der Waals surface area contributed by atoms with Gasteiger partial charge in [-0.25, -0.2) is 0 Å². The topological polar surface area (TPSA) is 49.4 Å². The summed E-state index contributed by atoms with van der Waals surface area (Å²) in [5.41, 5.74) is 2.64. The van der Waals surface area contributed by atoms with E-state index in [1.165, 1.54) is 4.90 Å². The molecule has 1 N–H and O–H groups in total. The molecule has 26 heavy (non-hydrogen) atoms. The van der Waals surface area contributed by atoms with Gasteiger partial charge in [0.05, 0.1) is 6.42 Å². The highest BCUT2D eigenvalue weighted by Crippen LogP contribution is 2.26. The van der Waals surface area contributed by atoms with E-state index in [1.54, 1.807) is 32.2 Å². The molecule has 0 radical (unpaired) electrons. The van der Waals surface area contributed by atoms with E-state index in [0.717, 1.165) is 11.1 Å². The minimum atomic E-state index is -0.648. The molecule has 6 heteroatoms. The number of nitrogens with zero attached hydrogens (tertiary/aromatic N) is 1. The Balaban J connectivity index is 2.29. The van der Waals surface area contributed by atoms with Gasteiger partial charge < -0.3 is 10.2 Å². The molecular weight excluding hydrogens is 371 g/mol. The number of hydrogen-bond donors (Lipinski definition) is 1. The number of aryl methyl sites for hydroxylation is 1. The Morgan fingerprint density at radius 2 is 1.65 bits per heavy atom. The maximum Gasteiger partial charge on any atom is 0.242 e. The highest BCUT2D eigenvalue weighted by molar-refractivity contribution is 6.36. The number of nitrogens with one attached hydrogen (secondary N) is 1. The molecule has 0 unspecified atom stereocenters. The Kier molecular flexibility index (Phi) is 7.06. The first-order valence-electron chi connectivity index (χ1n) is 8.33. The standard InChI is InChI=1S/C20H22Cl2N2O2/c1-13-7-9-15(10-8-13)11-19(25)24(14(2)20(26)23-3)12-16-17(21)5-4-6-18(16)22/h4-10,14H,11-12H2,1-3H3,(H,23,26)/t14-/m0/s1. The first kappa shape index (κ1) is 20.3. The van der Waals surface area contributed by atoms with Crippen LogP contribution in [0.15, 0.2) is 42.5 Å². The zero-order chi connectivity index (χ0) is 19.3. The Labute approximate surface area is 164 Å². The molecule has 0 aliphatic rings. The average molecular weight is 393 g/mol. The van der Waals surface area contributed by atoms with Gasteiger partial charge in [0.15, 0.2) is 0 Å². The fourth-order valence-corrected chi connectivity index (χ4v) is 3.14. The fraction of sp³-hybridized carbons (Fsp3) is 0.300. The van der Waals surface area contributed by atoms with Crippen LogP contribution in [0.25, 0.3) is 0 Å². The minimum Gasteiger partial charge on any atom is -0.357 e. The maximum absolute atomic E-state index is 12.9. The molecular formula is C20H22Cl2N2O2. The van der Waals surface area contributed by atoms with Crippen LogP contribution in [0.2, 0.25) is 10.0 Å². The molecule has 138 valence electrons. The predicted octanol–water partition coefficient (Wildman–Crippen LogP) is 4.01. The van der Waals surface area contributed by atoms with Gasteiger partial charge in [0.25, 0.3) is 0 Å². The molecule has 0 saturated heterocycles. The van der Waals surface area contributed by atoms with Crippen molar-refractivity contribution in [2.75, 3.05) is 7.05 Å². The van der Waals surface area contributed by atoms with Crippen molar-refractivity contribution in [1.82, 2.24) is 10.2 Å². The highest BCUT2D eigenvalue weighted by Gasteiger charge is 2.26. The molecule has 0 heterocycles. The second kappa shape index (κ2) is 9.06. The normalized spacial score (nSPS) is 11.7. The molecule has 2 amide bonds. The van der Waals surface area contributed by atoms with Gasteiger partial charge >= 0.3 is 0 Å². The second-order valence-corrected chi connectivity index (χ2v) is 6.99. The van der Waals surface area contributed by atoms with E-state index in [0.29, 0.717) is 15.6 Å². The Hall–Kier alpha value is -2.04. The summed E-state index contributed by atoms with van der Waals surface area (Å²) in [6.07, 6.45) is 0.198. The van der Waals surface area contributed by atoms with Crippen LogP contribution in [0.3, 0.4) is 0 Å². The van der Waals surface area contributed by atoms with Crippen LogP contribution < -0.4 is 5.32 Å². The van der Waals surface area contributed by atoms with Gasteiger partial charge in [-0.2, -0.15) is 0 Å². The first-order valence-corrected chi connectivity index (χ1v) is 9.08. The van der Waals surface area contributed by atoms with E-state index in [9.17, 15) is 9.59 Å². The monoisotopic (exact) mass is 392 g/mol. The Morgan fingerprint density at radius 1 is 1.08 bits per heavy atom. The first-order chi connectivity index (χ1) is 12.3. The molecule has 4 nitrogen and oxygen atoms in total. The van der Waals surface area contributed by atoms with E-state index in [-0.39, 0.29) is 24.8 Å². The molecule has 0 aliphatic heterocycles. The third-order valence-electron chi connectivity index (χ3n) is 4.28. The summed E-state index contributed by atoms with van der Waals surface area (Å²) in [4.78, 5) is 26.6. The number of benzene rings is 2. The number of carbonyl (C=O) groups excluding carboxylic acids is 2. The molecule has 2 aromatic rings. The fourth-order valence-electron chi connectivity index (χ4n) is 2.63. The van der Waals surface area contributed by atoms with Crippen LogP contribution in [0.1, 0.15) is 23.6 Å². The third kappa shape index (κ3) is 4.99. The molecule has 2 rings (SSSR count). The quantitative estimate of drug-likeness (QED) is 0.806. The lowest BCUT2D eigenvalue weighted by Crippen LogP contribution is -2.47. The van der Waals surface area contributed by atoms with Crippen molar-refractivity contribution < 1.29 is 9.59 Å². The smallest absolute Gasteiger partial charge is 0.242 e. The van der Waals surface area contributed by atoms with Crippen molar-refractivity contribution in [2.45, 2.75) is 32.9 Å². The van der Waals surface area contributed by atoms with Crippen LogP contribution in [-0.2, 0) is 22.6 Å². The molecule has 0 aliphatic carbocycles. The second-order valence-electron chi connectivity index (χ2n) is 6.17. The van der Waals surface area contributed by atoms with Crippen LogP contribution >= 0.6 is 23.2 Å². The van der Waals surface area contributed by atoms with Gasteiger partial charge in [0, 0.05) is 29.2 Å². The van der Waals surface area contributed by atoms with E-state index in [4.69, 9.17) is 23.2 Å². The minimum absolute atomic E-state index is 0.164. The molecule has 2 aromatic carbocycles. The van der Waals surface area contributed by atoms with Crippen molar-refractivity contribution in [2.24, 2.45) is 0 Å². The average Bonchev–Trinajstić information content (AvgIpc) is 2.62. The third-order valence-corrected chi connectivity index (χ3v) is 4.99. The summed E-state index contributed by atoms with van der Waals surface area (Å²) in [5.74, 6) is -0.411. The lowest BCUT2D eigenvalue weighted by Gasteiger charge is -2.29. The van der Waals surface area contributed by atoms with Crippen LogP contribution in [0.4, 0.5) is 0 Å². The molecule has 0 aromatic heterocycles. The van der Waals surface area contributed by atoms with Gasteiger partial charge in [0.2, 0.25) is 11.8 Å². The predicted molar refractivity (Wildman–Crippen MR) is 105 cm³/mol. The number of likely N-dealkylation sites (N-methyl/N-ethyl adjacent to an activating group) is 1. The summed E-state index contributed by atoms with van der Waals surface area (Å²) in [5, 5.41) is 3.52. The number of halogens is 2. The Bertz CT molecular complexity index is 771. The van der Waals surface area contributed by atoms with Crippen LogP contribution in [-0.4, -0.2) is 29.8 Å². The van der Waals surface area contributed by atoms with Gasteiger partial charge in [-0.3, -0.25) is 9.59 Å². The van der Waals surface area contributed by atoms with Gasteiger partial charge in [-0.05, 0) is 31.5 Å². The van der Waals surface area contributed by atoms with E-state index >= 15 is 0 Å². The van der Waals surface area contributed by atoms with Gasteiger partial charge in [-0.15, -0.1) is 0 Å². The summed E-state index contributed by atoms with van der Waals surface area (Å²) >= 11 is 12.5. The van der Waals surface area contributed by atoms with Crippen LogP contribution in [0, 0.1) is 6.92 Å². The lowest BCUT2D eigenvalue weighted by atomic mass is 10.1. The Morgan fingerprint density at radius 3 is 2.19 bits per heavy atom. The molecule has 0 spiro atoms. The lowest BCUT2D eigenvalue weighted by molar-refractivity contribution is -0.139. The van der Waals surface area contributed by atoms with Crippen molar-refractivity contribution in [3.05, 3.63) is 69.2 Å². The highest BCUT2D eigenvalue weighted by atomic mass is 35.5. The van der Waals surface area contributed by atoms with Crippen molar-refractivity contribution in [1.29, 1.82) is 0 Å². The van der Waals surface area contributed by atoms with Crippen molar-refractivity contribution >= 4 is 35.0 Å². The van der Waals surface area contributed by atoms with Gasteiger partial charge in [0.1, 0.15) is 6.04 Å². The van der Waals surface area contributed by atoms with E-state index in [2.05, 4.69) is 5.32 Å². The number of hydrogen-bond acceptors (Lipinski definition) is 2. The van der Waals surface area contributed by atoms with Crippen molar-refractivity contribution in [3.63, 3.8) is 0 Å². The van der Waals surface area contributed by atoms with E-state index < -0.39 is 6.04 Å². The molecule has 0 saturated carbocycles. The zero-order valence-electron chi connectivity index (χ0n) is 15.1. The largest absolute Gasteiger partial charge is 0.357 e. The number of rotatable bonds is 6. The van der Waals surface area contributed by atoms with Gasteiger partial charge in [-0.1, -0.05) is 59.1 Å². The summed E-state index contributed by atoms with van der Waals surface area (Å²) in [6, 6.07) is 12.3. The van der Waals surface area contributed by atoms with Crippen molar-refractivity contribution in [3.8, 4) is 0 Å². The molecule has 0 fully saturated rings. The van der Waals surface area contributed by atoms with Crippen LogP contribution in [0.5, 0.6) is 0 Å². The zero-order valence-corrected chi connectivity index (χ0v) is 16.6. The van der Waals surface area contributed by atoms with E-state index in [1.807, 2.05) is 31.2 Å². The SMILES string of the molecule is CNC(=O)[C@H](C)N(Cc1c(Cl)cccc1Cl)C(=O)Cc1ccc(C)cc1. The summed E-state index contributed by atoms with van der Waals surface area (Å²) in [6.45, 7) is 3.85. The number of amides is 2.